The molecule has 1 atom stereocenters. The van der Waals surface area contributed by atoms with Crippen LogP contribution in [0.15, 0.2) is 82.8 Å². The van der Waals surface area contributed by atoms with Gasteiger partial charge in [-0.05, 0) is 87.5 Å². The SMILES string of the molecule is CCN(CC)CCOc1ccc(NC2=NCC(c3ccc(CNc4cccc(C(=O)OC(C)(C)C)c4)cc3)C=N2)cc1. The van der Waals surface area contributed by atoms with Crippen molar-refractivity contribution in [3.05, 3.63) is 89.5 Å². The van der Waals surface area contributed by atoms with Crippen molar-refractivity contribution in [1.82, 2.24) is 4.90 Å². The van der Waals surface area contributed by atoms with Gasteiger partial charge in [0.2, 0.25) is 5.96 Å². The fourth-order valence-electron chi connectivity index (χ4n) is 4.47. The Morgan fingerprint density at radius 1 is 0.976 bits per heavy atom. The molecule has 8 heteroatoms. The molecule has 3 aromatic carbocycles. The Hall–Kier alpha value is -4.17. The predicted molar refractivity (Wildman–Crippen MR) is 172 cm³/mol. The fraction of sp³-hybridized carbons (Fsp3) is 0.382. The minimum absolute atomic E-state index is 0.129. The number of hydrogen-bond donors (Lipinski definition) is 2. The Labute approximate surface area is 249 Å². The first-order chi connectivity index (χ1) is 20.2. The first-order valence-electron chi connectivity index (χ1n) is 14.7. The number of likely N-dealkylation sites (N-methyl/N-ethyl adjacent to an activating group) is 1. The second-order valence-electron chi connectivity index (χ2n) is 11.3. The number of nitrogens with one attached hydrogen (secondary N) is 2. The number of anilines is 2. The minimum Gasteiger partial charge on any atom is -0.492 e. The number of guanidine groups is 1. The standard InChI is InChI=1S/C34H43N5O3/c1-6-39(7-2)19-20-41-31-17-15-29(16-18-31)38-33-36-23-28(24-37-33)26-13-11-25(12-14-26)22-35-30-10-8-9-27(21-30)32(40)42-34(3,4)5/h8-18,21,23,28,35H,6-7,19-20,22,24H2,1-5H3,(H,37,38). The highest BCUT2D eigenvalue weighted by Gasteiger charge is 2.18. The molecule has 1 aliphatic heterocycles. The summed E-state index contributed by atoms with van der Waals surface area (Å²) in [5.41, 5.74) is 4.11. The maximum atomic E-state index is 12.4. The van der Waals surface area contributed by atoms with Crippen LogP contribution in [-0.2, 0) is 11.3 Å². The molecular formula is C34H43N5O3. The van der Waals surface area contributed by atoms with Crippen molar-refractivity contribution in [1.29, 1.82) is 0 Å². The van der Waals surface area contributed by atoms with E-state index >= 15 is 0 Å². The number of carbonyl (C=O) groups excluding carboxylic acids is 1. The van der Waals surface area contributed by atoms with Gasteiger partial charge in [-0.25, -0.2) is 9.79 Å². The number of hydrogen-bond acceptors (Lipinski definition) is 8. The number of aliphatic imine (C=N–C) groups is 2. The Bertz CT molecular complexity index is 1360. The van der Waals surface area contributed by atoms with Crippen LogP contribution in [0.5, 0.6) is 5.75 Å². The first kappa shape index (κ1) is 30.8. The molecule has 0 saturated heterocycles. The second-order valence-corrected chi connectivity index (χ2v) is 11.3. The molecule has 0 aliphatic carbocycles. The molecule has 0 saturated carbocycles. The molecule has 4 rings (SSSR count). The van der Waals surface area contributed by atoms with E-state index in [0.29, 0.717) is 31.2 Å². The fourth-order valence-corrected chi connectivity index (χ4v) is 4.47. The van der Waals surface area contributed by atoms with Crippen LogP contribution in [0.25, 0.3) is 0 Å². The van der Waals surface area contributed by atoms with Crippen molar-refractivity contribution in [2.75, 3.05) is 43.4 Å². The highest BCUT2D eigenvalue weighted by atomic mass is 16.6. The summed E-state index contributed by atoms with van der Waals surface area (Å²) in [7, 11) is 0. The Morgan fingerprint density at radius 3 is 2.36 bits per heavy atom. The lowest BCUT2D eigenvalue weighted by molar-refractivity contribution is 0.00695. The largest absolute Gasteiger partial charge is 0.492 e. The van der Waals surface area contributed by atoms with Crippen LogP contribution in [-0.4, -0.2) is 61.4 Å². The van der Waals surface area contributed by atoms with Crippen LogP contribution in [0, 0.1) is 0 Å². The average molecular weight is 570 g/mol. The van der Waals surface area contributed by atoms with Crippen molar-refractivity contribution in [3.63, 3.8) is 0 Å². The Kier molecular flexibility index (Phi) is 10.7. The lowest BCUT2D eigenvalue weighted by Gasteiger charge is -2.19. The number of esters is 1. The van der Waals surface area contributed by atoms with Gasteiger partial charge in [-0.15, -0.1) is 0 Å². The topological polar surface area (TPSA) is 87.6 Å². The van der Waals surface area contributed by atoms with Gasteiger partial charge >= 0.3 is 5.97 Å². The molecule has 1 aliphatic rings. The molecule has 1 unspecified atom stereocenters. The summed E-state index contributed by atoms with van der Waals surface area (Å²) in [6, 6.07) is 23.8. The zero-order valence-corrected chi connectivity index (χ0v) is 25.4. The Balaban J connectivity index is 1.23. The monoisotopic (exact) mass is 569 g/mol. The number of benzene rings is 3. The van der Waals surface area contributed by atoms with Crippen LogP contribution in [0.4, 0.5) is 11.4 Å². The molecule has 2 N–H and O–H groups in total. The summed E-state index contributed by atoms with van der Waals surface area (Å²) < 4.78 is 11.4. The van der Waals surface area contributed by atoms with Crippen molar-refractivity contribution < 1.29 is 14.3 Å². The van der Waals surface area contributed by atoms with Crippen LogP contribution >= 0.6 is 0 Å². The van der Waals surface area contributed by atoms with Gasteiger partial charge in [-0.3, -0.25) is 4.99 Å². The molecule has 1 heterocycles. The molecule has 0 aromatic heterocycles. The maximum Gasteiger partial charge on any atom is 0.338 e. The number of ether oxygens (including phenoxy) is 2. The molecule has 0 radical (unpaired) electrons. The molecule has 0 fully saturated rings. The molecule has 0 amide bonds. The zero-order valence-electron chi connectivity index (χ0n) is 25.4. The van der Waals surface area contributed by atoms with Crippen LogP contribution in [0.1, 0.15) is 62.0 Å². The van der Waals surface area contributed by atoms with E-state index in [-0.39, 0.29) is 11.9 Å². The van der Waals surface area contributed by atoms with Gasteiger partial charge in [0.15, 0.2) is 0 Å². The van der Waals surface area contributed by atoms with E-state index in [1.165, 1.54) is 5.56 Å². The van der Waals surface area contributed by atoms with E-state index in [0.717, 1.165) is 42.3 Å². The van der Waals surface area contributed by atoms with Crippen molar-refractivity contribution in [3.8, 4) is 5.75 Å². The minimum atomic E-state index is -0.526. The van der Waals surface area contributed by atoms with Gasteiger partial charge in [0, 0.05) is 36.6 Å². The molecular weight excluding hydrogens is 526 g/mol. The lowest BCUT2D eigenvalue weighted by Crippen LogP contribution is -2.27. The number of carbonyl (C=O) groups is 1. The van der Waals surface area contributed by atoms with E-state index in [9.17, 15) is 4.79 Å². The van der Waals surface area contributed by atoms with Gasteiger partial charge in [-0.1, -0.05) is 44.2 Å². The zero-order chi connectivity index (χ0) is 30.0. The van der Waals surface area contributed by atoms with Gasteiger partial charge in [0.1, 0.15) is 18.0 Å². The summed E-state index contributed by atoms with van der Waals surface area (Å²) in [4.78, 5) is 23.9. The van der Waals surface area contributed by atoms with Gasteiger partial charge in [0.05, 0.1) is 12.1 Å². The average Bonchev–Trinajstić information content (AvgIpc) is 2.99. The number of nitrogens with zero attached hydrogens (tertiary/aromatic N) is 3. The van der Waals surface area contributed by atoms with E-state index in [1.54, 1.807) is 6.07 Å². The first-order valence-corrected chi connectivity index (χ1v) is 14.7. The summed E-state index contributed by atoms with van der Waals surface area (Å²) in [5, 5.41) is 6.68. The summed E-state index contributed by atoms with van der Waals surface area (Å²) in [5.74, 6) is 1.27. The number of rotatable bonds is 12. The lowest BCUT2D eigenvalue weighted by atomic mass is 9.98. The van der Waals surface area contributed by atoms with Gasteiger partial charge in [0.25, 0.3) is 0 Å². The quantitative estimate of drug-likeness (QED) is 0.239. The molecule has 0 bridgehead atoms. The highest BCUT2D eigenvalue weighted by molar-refractivity contribution is 6.00. The molecule has 222 valence electrons. The molecule has 8 nitrogen and oxygen atoms in total. The van der Waals surface area contributed by atoms with E-state index in [1.807, 2.05) is 69.5 Å². The molecule has 0 spiro atoms. The molecule has 42 heavy (non-hydrogen) atoms. The van der Waals surface area contributed by atoms with Crippen molar-refractivity contribution >= 4 is 29.5 Å². The van der Waals surface area contributed by atoms with Gasteiger partial charge < -0.3 is 25.0 Å². The predicted octanol–water partition coefficient (Wildman–Crippen LogP) is 6.61. The van der Waals surface area contributed by atoms with E-state index < -0.39 is 5.60 Å². The van der Waals surface area contributed by atoms with Crippen molar-refractivity contribution in [2.45, 2.75) is 52.7 Å². The Morgan fingerprint density at radius 2 is 1.71 bits per heavy atom. The van der Waals surface area contributed by atoms with Crippen LogP contribution in [0.2, 0.25) is 0 Å². The summed E-state index contributed by atoms with van der Waals surface area (Å²) in [6.45, 7) is 14.9. The highest BCUT2D eigenvalue weighted by Crippen LogP contribution is 2.21. The summed E-state index contributed by atoms with van der Waals surface area (Å²) in [6.07, 6.45) is 1.95. The third kappa shape index (κ3) is 9.45. The smallest absolute Gasteiger partial charge is 0.338 e. The third-order valence-corrected chi connectivity index (χ3v) is 6.90. The van der Waals surface area contributed by atoms with Crippen LogP contribution < -0.4 is 15.4 Å². The second kappa shape index (κ2) is 14.6. The maximum absolute atomic E-state index is 12.4. The van der Waals surface area contributed by atoms with Crippen molar-refractivity contribution in [2.24, 2.45) is 9.98 Å². The van der Waals surface area contributed by atoms with Gasteiger partial charge in [-0.2, -0.15) is 0 Å². The van der Waals surface area contributed by atoms with Crippen LogP contribution in [0.3, 0.4) is 0 Å². The van der Waals surface area contributed by atoms with E-state index in [2.05, 4.69) is 63.6 Å². The third-order valence-electron chi connectivity index (χ3n) is 6.90. The normalized spacial score (nSPS) is 14.8. The van der Waals surface area contributed by atoms with E-state index in [4.69, 9.17) is 9.47 Å². The summed E-state index contributed by atoms with van der Waals surface area (Å²) >= 11 is 0. The molecule has 3 aromatic rings.